The second-order valence-corrected chi connectivity index (χ2v) is 2.58. The maximum absolute atomic E-state index is 10.9. The standard InChI is InChI=1S/C6H12BrNO3/c7-8-6(11)5(1-3-9)2-4-10/h5,9-10H,1-4H2,(H,8,11). The summed E-state index contributed by atoms with van der Waals surface area (Å²) in [4.78, 5) is 10.9. The summed E-state index contributed by atoms with van der Waals surface area (Å²) < 4.78 is 2.29. The predicted molar refractivity (Wildman–Crippen MR) is 44.0 cm³/mol. The molecule has 0 unspecified atom stereocenters. The van der Waals surface area contributed by atoms with Crippen molar-refractivity contribution in [2.75, 3.05) is 13.2 Å². The number of rotatable bonds is 5. The number of aliphatic hydroxyl groups excluding tert-OH is 2. The van der Waals surface area contributed by atoms with E-state index >= 15 is 0 Å². The first kappa shape index (κ1) is 10.9. The second-order valence-electron chi connectivity index (χ2n) is 2.18. The van der Waals surface area contributed by atoms with Gasteiger partial charge < -0.3 is 10.2 Å². The number of carbonyl (C=O) groups excluding carboxylic acids is 1. The summed E-state index contributed by atoms with van der Waals surface area (Å²) in [7, 11) is 0. The van der Waals surface area contributed by atoms with Gasteiger partial charge in [0.25, 0.3) is 0 Å². The number of nitrogens with one attached hydrogen (secondary N) is 1. The highest BCUT2D eigenvalue weighted by Crippen LogP contribution is 2.07. The third kappa shape index (κ3) is 4.34. The van der Waals surface area contributed by atoms with Crippen LogP contribution in [0.2, 0.25) is 0 Å². The van der Waals surface area contributed by atoms with Gasteiger partial charge in [-0.05, 0) is 12.8 Å². The fraction of sp³-hybridized carbons (Fsp3) is 0.833. The molecule has 5 heteroatoms. The lowest BCUT2D eigenvalue weighted by Crippen LogP contribution is -2.25. The summed E-state index contributed by atoms with van der Waals surface area (Å²) in [6, 6.07) is 0. The minimum absolute atomic E-state index is 0.0366. The molecule has 0 saturated heterocycles. The van der Waals surface area contributed by atoms with Gasteiger partial charge >= 0.3 is 0 Å². The fourth-order valence-corrected chi connectivity index (χ4v) is 1.12. The first-order valence-corrected chi connectivity index (χ1v) is 4.17. The van der Waals surface area contributed by atoms with E-state index in [0.29, 0.717) is 12.8 Å². The van der Waals surface area contributed by atoms with E-state index in [1.165, 1.54) is 0 Å². The number of amides is 1. The van der Waals surface area contributed by atoms with Gasteiger partial charge in [0.1, 0.15) is 0 Å². The Kier molecular flexibility index (Phi) is 6.49. The number of halogens is 1. The van der Waals surface area contributed by atoms with Crippen molar-refractivity contribution in [3.8, 4) is 0 Å². The van der Waals surface area contributed by atoms with Crippen LogP contribution < -0.4 is 4.34 Å². The normalized spacial score (nSPS) is 10.2. The molecule has 4 nitrogen and oxygen atoms in total. The van der Waals surface area contributed by atoms with Gasteiger partial charge in [0.05, 0.1) is 0 Å². The van der Waals surface area contributed by atoms with Gasteiger partial charge in [-0.2, -0.15) is 0 Å². The van der Waals surface area contributed by atoms with Crippen molar-refractivity contribution in [3.05, 3.63) is 0 Å². The van der Waals surface area contributed by atoms with E-state index in [-0.39, 0.29) is 25.0 Å². The number of carbonyl (C=O) groups is 1. The Bertz CT molecular complexity index is 114. The zero-order valence-corrected chi connectivity index (χ0v) is 7.67. The van der Waals surface area contributed by atoms with E-state index in [4.69, 9.17) is 10.2 Å². The highest BCUT2D eigenvalue weighted by Gasteiger charge is 2.15. The van der Waals surface area contributed by atoms with Crippen molar-refractivity contribution in [2.24, 2.45) is 5.92 Å². The zero-order valence-electron chi connectivity index (χ0n) is 6.09. The lowest BCUT2D eigenvalue weighted by Gasteiger charge is -2.10. The molecule has 1 amide bonds. The van der Waals surface area contributed by atoms with Crippen molar-refractivity contribution >= 4 is 22.1 Å². The Morgan fingerprint density at radius 2 is 1.82 bits per heavy atom. The van der Waals surface area contributed by atoms with Gasteiger partial charge in [-0.3, -0.25) is 9.14 Å². The Hall–Kier alpha value is -0.130. The van der Waals surface area contributed by atoms with E-state index < -0.39 is 0 Å². The summed E-state index contributed by atoms with van der Waals surface area (Å²) in [5.41, 5.74) is 0. The summed E-state index contributed by atoms with van der Waals surface area (Å²) in [5.74, 6) is -0.502. The summed E-state index contributed by atoms with van der Waals surface area (Å²) in [6.07, 6.45) is 0.774. The van der Waals surface area contributed by atoms with E-state index in [1.807, 2.05) is 0 Å². The van der Waals surface area contributed by atoms with Crippen LogP contribution in [0.3, 0.4) is 0 Å². The number of hydrogen-bond donors (Lipinski definition) is 3. The van der Waals surface area contributed by atoms with E-state index in [0.717, 1.165) is 0 Å². The topological polar surface area (TPSA) is 69.6 Å². The van der Waals surface area contributed by atoms with Crippen LogP contribution in [0.25, 0.3) is 0 Å². The molecule has 66 valence electrons. The fourth-order valence-electron chi connectivity index (χ4n) is 0.795. The lowest BCUT2D eigenvalue weighted by molar-refractivity contribution is -0.123. The van der Waals surface area contributed by atoms with Gasteiger partial charge in [0.15, 0.2) is 0 Å². The Balaban J connectivity index is 3.76. The highest BCUT2D eigenvalue weighted by atomic mass is 79.9. The molecule has 0 saturated carbocycles. The molecule has 0 rings (SSSR count). The van der Waals surface area contributed by atoms with Crippen molar-refractivity contribution in [1.29, 1.82) is 0 Å². The van der Waals surface area contributed by atoms with E-state index in [2.05, 4.69) is 20.5 Å². The Morgan fingerprint density at radius 3 is 2.09 bits per heavy atom. The van der Waals surface area contributed by atoms with Gasteiger partial charge in [0.2, 0.25) is 5.91 Å². The molecule has 0 aromatic heterocycles. The maximum Gasteiger partial charge on any atom is 0.233 e. The monoisotopic (exact) mass is 225 g/mol. The molecule has 0 aliphatic heterocycles. The smallest absolute Gasteiger partial charge is 0.233 e. The second kappa shape index (κ2) is 6.57. The molecule has 0 aliphatic carbocycles. The molecule has 0 aliphatic rings. The SMILES string of the molecule is O=C(NBr)C(CCO)CCO. The highest BCUT2D eigenvalue weighted by molar-refractivity contribution is 9.08. The van der Waals surface area contributed by atoms with Crippen LogP contribution in [0.1, 0.15) is 12.8 Å². The Labute approximate surface area is 73.9 Å². The Morgan fingerprint density at radius 1 is 1.36 bits per heavy atom. The van der Waals surface area contributed by atoms with E-state index in [1.54, 1.807) is 0 Å². The van der Waals surface area contributed by atoms with Crippen molar-refractivity contribution < 1.29 is 15.0 Å². The molecule has 0 bridgehead atoms. The van der Waals surface area contributed by atoms with Crippen LogP contribution in [0, 0.1) is 5.92 Å². The molecule has 0 heterocycles. The van der Waals surface area contributed by atoms with Crippen molar-refractivity contribution in [2.45, 2.75) is 12.8 Å². The van der Waals surface area contributed by atoms with Crippen LogP contribution in [0.15, 0.2) is 0 Å². The molecule has 0 radical (unpaired) electrons. The molecule has 11 heavy (non-hydrogen) atoms. The van der Waals surface area contributed by atoms with Crippen LogP contribution in [-0.2, 0) is 4.79 Å². The lowest BCUT2D eigenvalue weighted by atomic mass is 10.0. The van der Waals surface area contributed by atoms with Crippen LogP contribution in [0.5, 0.6) is 0 Å². The van der Waals surface area contributed by atoms with Gasteiger partial charge in [-0.25, -0.2) is 0 Å². The third-order valence-corrected chi connectivity index (χ3v) is 1.81. The van der Waals surface area contributed by atoms with Crippen molar-refractivity contribution in [1.82, 2.24) is 4.34 Å². The molecule has 0 aromatic carbocycles. The summed E-state index contributed by atoms with van der Waals surface area (Å²) in [5, 5.41) is 17.1. The van der Waals surface area contributed by atoms with Gasteiger partial charge in [0, 0.05) is 35.3 Å². The average Bonchev–Trinajstić information content (AvgIpc) is 2.03. The maximum atomic E-state index is 10.9. The van der Waals surface area contributed by atoms with Crippen LogP contribution in [0.4, 0.5) is 0 Å². The van der Waals surface area contributed by atoms with Crippen molar-refractivity contribution in [3.63, 3.8) is 0 Å². The largest absolute Gasteiger partial charge is 0.396 e. The minimum Gasteiger partial charge on any atom is -0.396 e. The summed E-state index contributed by atoms with van der Waals surface area (Å²) in [6.45, 7) is -0.0732. The summed E-state index contributed by atoms with van der Waals surface area (Å²) >= 11 is 2.79. The average molecular weight is 226 g/mol. The first-order valence-electron chi connectivity index (χ1n) is 3.38. The molecular weight excluding hydrogens is 214 g/mol. The number of aliphatic hydroxyl groups is 2. The minimum atomic E-state index is -0.302. The first-order chi connectivity index (χ1) is 5.26. The molecule has 0 fully saturated rings. The number of hydrogen-bond acceptors (Lipinski definition) is 3. The molecule has 0 atom stereocenters. The van der Waals surface area contributed by atoms with Gasteiger partial charge in [-0.15, -0.1) is 0 Å². The molecule has 0 aromatic rings. The van der Waals surface area contributed by atoms with E-state index in [9.17, 15) is 4.79 Å². The quantitative estimate of drug-likeness (QED) is 0.568. The van der Waals surface area contributed by atoms with Gasteiger partial charge in [-0.1, -0.05) is 0 Å². The molecular formula is C6H12BrNO3. The molecule has 0 spiro atoms. The van der Waals surface area contributed by atoms with Crippen LogP contribution >= 0.6 is 16.1 Å². The molecule has 3 N–H and O–H groups in total. The zero-order chi connectivity index (χ0) is 8.69. The third-order valence-electron chi connectivity index (χ3n) is 1.42. The van der Waals surface area contributed by atoms with Crippen LogP contribution in [-0.4, -0.2) is 29.3 Å². The predicted octanol–water partition coefficient (Wildman–Crippen LogP) is -0.207.